The largest absolute Gasteiger partial charge is 0.479 e. The fourth-order valence-electron chi connectivity index (χ4n) is 0.840. The Bertz CT molecular complexity index is 382. The van der Waals surface area contributed by atoms with Crippen LogP contribution in [0.15, 0.2) is 23.3 Å². The lowest BCUT2D eigenvalue weighted by molar-refractivity contribution is 0.399. The minimum atomic E-state index is -0.00111. The molecule has 1 aromatic rings. The molecule has 3 N–H and O–H groups in total. The van der Waals surface area contributed by atoms with Gasteiger partial charge in [0.1, 0.15) is 5.69 Å². The lowest BCUT2D eigenvalue weighted by Gasteiger charge is -2.02. The summed E-state index contributed by atoms with van der Waals surface area (Å²) in [6.07, 6.45) is 3.23. The number of hydrogen-bond acceptors (Lipinski definition) is 4. The maximum atomic E-state index is 8.27. The second-order valence-electron chi connectivity index (χ2n) is 2.27. The Morgan fingerprint density at radius 2 is 2.57 bits per heavy atom. The Balaban J connectivity index is 2.96. The van der Waals surface area contributed by atoms with Crippen LogP contribution in [0.1, 0.15) is 0 Å². The van der Waals surface area contributed by atoms with Crippen molar-refractivity contribution in [2.24, 2.45) is 10.7 Å². The zero-order valence-electron chi connectivity index (χ0n) is 7.56. The SMILES string of the molecule is COc1ncccc1N=C(N)NC#N. The number of aliphatic imine (C=N–C) groups is 1. The third kappa shape index (κ3) is 2.35. The Hall–Kier alpha value is -2.29. The van der Waals surface area contributed by atoms with Crippen LogP contribution in [0, 0.1) is 11.5 Å². The molecule has 0 aliphatic heterocycles. The van der Waals surface area contributed by atoms with E-state index in [2.05, 4.69) is 15.3 Å². The van der Waals surface area contributed by atoms with Gasteiger partial charge in [-0.25, -0.2) is 9.98 Å². The Morgan fingerprint density at radius 1 is 1.79 bits per heavy atom. The van der Waals surface area contributed by atoms with Crippen LogP contribution in [0.5, 0.6) is 5.88 Å². The van der Waals surface area contributed by atoms with Crippen LogP contribution in [0.2, 0.25) is 0 Å². The van der Waals surface area contributed by atoms with Gasteiger partial charge in [0.25, 0.3) is 0 Å². The van der Waals surface area contributed by atoms with E-state index in [1.807, 2.05) is 0 Å². The van der Waals surface area contributed by atoms with E-state index in [0.717, 1.165) is 0 Å². The van der Waals surface area contributed by atoms with Gasteiger partial charge in [-0.2, -0.15) is 5.26 Å². The van der Waals surface area contributed by atoms with Crippen LogP contribution in [0.25, 0.3) is 0 Å². The highest BCUT2D eigenvalue weighted by Gasteiger charge is 2.01. The van der Waals surface area contributed by atoms with E-state index >= 15 is 0 Å². The average molecular weight is 191 g/mol. The monoisotopic (exact) mass is 191 g/mol. The van der Waals surface area contributed by atoms with Crippen LogP contribution in [0.4, 0.5) is 5.69 Å². The van der Waals surface area contributed by atoms with Gasteiger partial charge in [-0.15, -0.1) is 0 Å². The maximum Gasteiger partial charge on any atom is 0.239 e. The van der Waals surface area contributed by atoms with Gasteiger partial charge in [-0.1, -0.05) is 0 Å². The first-order chi connectivity index (χ1) is 6.77. The summed E-state index contributed by atoms with van der Waals surface area (Å²) in [6, 6.07) is 3.37. The number of nitrogens with zero attached hydrogens (tertiary/aromatic N) is 3. The molecule has 1 rings (SSSR count). The second-order valence-corrected chi connectivity index (χ2v) is 2.27. The number of nitrogens with one attached hydrogen (secondary N) is 1. The van der Waals surface area contributed by atoms with Crippen molar-refractivity contribution >= 4 is 11.6 Å². The summed E-state index contributed by atoms with van der Waals surface area (Å²) in [5.41, 5.74) is 5.84. The van der Waals surface area contributed by atoms with Gasteiger partial charge in [0, 0.05) is 6.20 Å². The van der Waals surface area contributed by atoms with Gasteiger partial charge in [0.2, 0.25) is 11.8 Å². The van der Waals surface area contributed by atoms with E-state index in [1.165, 1.54) is 7.11 Å². The lowest BCUT2D eigenvalue weighted by atomic mass is 10.4. The van der Waals surface area contributed by atoms with Crippen molar-refractivity contribution in [2.75, 3.05) is 7.11 Å². The maximum absolute atomic E-state index is 8.27. The summed E-state index contributed by atoms with van der Waals surface area (Å²) < 4.78 is 4.94. The highest BCUT2D eigenvalue weighted by Crippen LogP contribution is 2.22. The molecule has 0 unspecified atom stereocenters. The number of pyridine rings is 1. The van der Waals surface area contributed by atoms with Crippen molar-refractivity contribution < 1.29 is 4.74 Å². The summed E-state index contributed by atoms with van der Waals surface area (Å²) >= 11 is 0. The number of nitrogens with two attached hydrogens (primary N) is 1. The number of rotatable bonds is 2. The van der Waals surface area contributed by atoms with Gasteiger partial charge in [0.15, 0.2) is 6.19 Å². The van der Waals surface area contributed by atoms with Crippen LogP contribution < -0.4 is 15.8 Å². The lowest BCUT2D eigenvalue weighted by Crippen LogP contribution is -2.26. The highest BCUT2D eigenvalue weighted by atomic mass is 16.5. The first kappa shape index (κ1) is 9.80. The number of hydrogen-bond donors (Lipinski definition) is 2. The minimum absolute atomic E-state index is 0.00111. The molecular formula is C8H9N5O. The van der Waals surface area contributed by atoms with E-state index < -0.39 is 0 Å². The molecule has 0 aromatic carbocycles. The third-order valence-corrected chi connectivity index (χ3v) is 1.37. The van der Waals surface area contributed by atoms with Gasteiger partial charge in [-0.3, -0.25) is 5.32 Å². The highest BCUT2D eigenvalue weighted by molar-refractivity contribution is 5.82. The summed E-state index contributed by atoms with van der Waals surface area (Å²) in [6.45, 7) is 0. The first-order valence-corrected chi connectivity index (χ1v) is 3.76. The van der Waals surface area contributed by atoms with E-state index in [0.29, 0.717) is 11.6 Å². The fraction of sp³-hybridized carbons (Fsp3) is 0.125. The standard InChI is InChI=1S/C8H9N5O/c1-14-7-6(3-2-4-11-7)13-8(10)12-5-9/h2-4H,1H3,(H3,10,12,13). The molecule has 6 nitrogen and oxygen atoms in total. The predicted octanol–water partition coefficient (Wildman–Crippen LogP) is 0.107. The van der Waals surface area contributed by atoms with E-state index in [4.69, 9.17) is 15.7 Å². The van der Waals surface area contributed by atoms with Crippen molar-refractivity contribution in [3.63, 3.8) is 0 Å². The smallest absolute Gasteiger partial charge is 0.239 e. The third-order valence-electron chi connectivity index (χ3n) is 1.37. The van der Waals surface area contributed by atoms with Gasteiger partial charge >= 0.3 is 0 Å². The van der Waals surface area contributed by atoms with Crippen LogP contribution in [-0.2, 0) is 0 Å². The average Bonchev–Trinajstić information content (AvgIpc) is 2.19. The molecule has 72 valence electrons. The van der Waals surface area contributed by atoms with E-state index in [-0.39, 0.29) is 5.96 Å². The normalized spacial score (nSPS) is 10.4. The van der Waals surface area contributed by atoms with Gasteiger partial charge < -0.3 is 10.5 Å². The van der Waals surface area contributed by atoms with Crippen molar-refractivity contribution in [2.45, 2.75) is 0 Å². The zero-order valence-corrected chi connectivity index (χ0v) is 7.56. The Labute approximate surface area is 81.0 Å². The van der Waals surface area contributed by atoms with Gasteiger partial charge in [-0.05, 0) is 12.1 Å². The molecule has 0 aliphatic rings. The zero-order chi connectivity index (χ0) is 10.4. The quantitative estimate of drug-likeness (QED) is 0.299. The van der Waals surface area contributed by atoms with E-state index in [1.54, 1.807) is 24.5 Å². The molecule has 1 heterocycles. The number of methoxy groups -OCH3 is 1. The molecular weight excluding hydrogens is 182 g/mol. The van der Waals surface area contributed by atoms with Crippen molar-refractivity contribution in [3.05, 3.63) is 18.3 Å². The van der Waals surface area contributed by atoms with Gasteiger partial charge in [0.05, 0.1) is 7.11 Å². The molecule has 0 aliphatic carbocycles. The van der Waals surface area contributed by atoms with Crippen LogP contribution in [-0.4, -0.2) is 18.1 Å². The minimum Gasteiger partial charge on any atom is -0.479 e. The molecule has 0 saturated carbocycles. The first-order valence-electron chi connectivity index (χ1n) is 3.76. The second kappa shape index (κ2) is 4.67. The van der Waals surface area contributed by atoms with Crippen molar-refractivity contribution in [3.8, 4) is 12.1 Å². The number of guanidine groups is 1. The fourth-order valence-corrected chi connectivity index (χ4v) is 0.840. The number of ether oxygens (including phenoxy) is 1. The molecule has 0 atom stereocenters. The molecule has 1 aromatic heterocycles. The predicted molar refractivity (Wildman–Crippen MR) is 50.8 cm³/mol. The van der Waals surface area contributed by atoms with E-state index in [9.17, 15) is 0 Å². The molecule has 0 amide bonds. The molecule has 0 saturated heterocycles. The number of aromatic nitrogens is 1. The summed E-state index contributed by atoms with van der Waals surface area (Å²) in [7, 11) is 1.48. The van der Waals surface area contributed by atoms with Crippen LogP contribution >= 0.6 is 0 Å². The Morgan fingerprint density at radius 3 is 3.21 bits per heavy atom. The molecule has 14 heavy (non-hydrogen) atoms. The molecule has 0 fully saturated rings. The molecule has 0 radical (unpaired) electrons. The topological polar surface area (TPSA) is 96.3 Å². The van der Waals surface area contributed by atoms with Crippen molar-refractivity contribution in [1.29, 1.82) is 5.26 Å². The number of nitriles is 1. The molecule has 6 heteroatoms. The summed E-state index contributed by atoms with van der Waals surface area (Å²) in [5.74, 6) is 0.356. The Kier molecular flexibility index (Phi) is 3.27. The van der Waals surface area contributed by atoms with Crippen LogP contribution in [0.3, 0.4) is 0 Å². The summed E-state index contributed by atoms with van der Waals surface area (Å²) in [5, 5.41) is 10.5. The molecule has 0 bridgehead atoms. The van der Waals surface area contributed by atoms with Crippen molar-refractivity contribution in [1.82, 2.24) is 10.3 Å². The molecule has 0 spiro atoms. The summed E-state index contributed by atoms with van der Waals surface area (Å²) in [4.78, 5) is 7.81.